The number of thiazole rings is 1. The second-order valence-electron chi connectivity index (χ2n) is 5.96. The summed E-state index contributed by atoms with van der Waals surface area (Å²) in [7, 11) is 0. The van der Waals surface area contributed by atoms with Gasteiger partial charge in [0.05, 0.1) is 0 Å². The number of amides is 3. The molecule has 0 spiro atoms. The fraction of sp³-hybridized carbons (Fsp3) is 0.333. The maximum absolute atomic E-state index is 12.0. The predicted molar refractivity (Wildman–Crippen MR) is 96.9 cm³/mol. The Bertz CT molecular complexity index is 812. The molecule has 7 nitrogen and oxygen atoms in total. The molecule has 1 aromatic heterocycles. The number of carbonyl (C=O) groups is 3. The minimum absolute atomic E-state index is 0.139. The van der Waals surface area contributed by atoms with E-state index in [1.165, 1.54) is 16.9 Å². The van der Waals surface area contributed by atoms with Crippen molar-refractivity contribution < 1.29 is 19.1 Å². The summed E-state index contributed by atoms with van der Waals surface area (Å²) in [5.74, 6) is -1.38. The van der Waals surface area contributed by atoms with Crippen LogP contribution in [0.1, 0.15) is 35.8 Å². The summed E-state index contributed by atoms with van der Waals surface area (Å²) in [6.45, 7) is 1.55. The van der Waals surface area contributed by atoms with Crippen LogP contribution in [0.15, 0.2) is 29.6 Å². The summed E-state index contributed by atoms with van der Waals surface area (Å²) >= 11 is 1.33. The van der Waals surface area contributed by atoms with Gasteiger partial charge in [-0.15, -0.1) is 11.3 Å². The first kappa shape index (κ1) is 18.1. The molecule has 2 aromatic rings. The van der Waals surface area contributed by atoms with Crippen LogP contribution in [0.5, 0.6) is 0 Å². The van der Waals surface area contributed by atoms with E-state index < -0.39 is 24.5 Å². The molecule has 3 rings (SSSR count). The van der Waals surface area contributed by atoms with Gasteiger partial charge in [0.15, 0.2) is 12.3 Å². The van der Waals surface area contributed by atoms with Crippen molar-refractivity contribution in [3.05, 3.63) is 40.9 Å². The minimum Gasteiger partial charge on any atom is -0.451 e. The highest BCUT2D eigenvalue weighted by Crippen LogP contribution is 2.24. The Balaban J connectivity index is 1.50. The van der Waals surface area contributed by atoms with Crippen LogP contribution in [0, 0.1) is 0 Å². The second-order valence-corrected chi connectivity index (χ2v) is 6.82. The number of hydrogen-bond acceptors (Lipinski definition) is 6. The van der Waals surface area contributed by atoms with E-state index in [9.17, 15) is 14.4 Å². The quantitative estimate of drug-likeness (QED) is 0.759. The van der Waals surface area contributed by atoms with Gasteiger partial charge in [0.25, 0.3) is 5.91 Å². The highest BCUT2D eigenvalue weighted by molar-refractivity contribution is 7.13. The van der Waals surface area contributed by atoms with Crippen LogP contribution >= 0.6 is 11.3 Å². The number of aryl methyl sites for hydroxylation is 1. The largest absolute Gasteiger partial charge is 0.451 e. The topological polar surface area (TPSA) is 97.4 Å². The highest BCUT2D eigenvalue weighted by Gasteiger charge is 2.24. The molecule has 0 atom stereocenters. The van der Waals surface area contributed by atoms with Gasteiger partial charge in [-0.2, -0.15) is 0 Å². The van der Waals surface area contributed by atoms with Gasteiger partial charge < -0.3 is 10.1 Å². The molecule has 3 amide bonds. The molecule has 1 aromatic carbocycles. The Morgan fingerprint density at radius 3 is 2.62 bits per heavy atom. The van der Waals surface area contributed by atoms with Crippen LogP contribution in [0.2, 0.25) is 0 Å². The first-order valence-electron chi connectivity index (χ1n) is 8.37. The molecule has 0 radical (unpaired) electrons. The number of ether oxygens (including phenoxy) is 1. The van der Waals surface area contributed by atoms with Crippen LogP contribution in [0.3, 0.4) is 0 Å². The summed E-state index contributed by atoms with van der Waals surface area (Å²) in [6.07, 6.45) is 2.80. The van der Waals surface area contributed by atoms with Crippen LogP contribution in [0.25, 0.3) is 10.6 Å². The number of rotatable bonds is 6. The maximum Gasteiger partial charge on any atom is 0.358 e. The van der Waals surface area contributed by atoms with Crippen molar-refractivity contribution in [3.63, 3.8) is 0 Å². The Morgan fingerprint density at radius 1 is 1.23 bits per heavy atom. The Labute approximate surface area is 154 Å². The third-order valence-electron chi connectivity index (χ3n) is 3.82. The molecule has 1 fully saturated rings. The molecular weight excluding hydrogens is 354 g/mol. The van der Waals surface area contributed by atoms with Crippen LogP contribution in [-0.4, -0.2) is 35.5 Å². The Morgan fingerprint density at radius 2 is 1.96 bits per heavy atom. The molecule has 0 unspecified atom stereocenters. The molecule has 1 heterocycles. The van der Waals surface area contributed by atoms with Crippen molar-refractivity contribution in [1.29, 1.82) is 0 Å². The molecular formula is C18H19N3O4S. The number of esters is 1. The van der Waals surface area contributed by atoms with Crippen molar-refractivity contribution in [1.82, 2.24) is 15.6 Å². The average molecular weight is 373 g/mol. The predicted octanol–water partition coefficient (Wildman–Crippen LogP) is 2.52. The summed E-state index contributed by atoms with van der Waals surface area (Å²) in [6, 6.07) is 7.53. The third-order valence-corrected chi connectivity index (χ3v) is 4.71. The number of hydrogen-bond donors (Lipinski definition) is 2. The van der Waals surface area contributed by atoms with Gasteiger partial charge in [0.1, 0.15) is 5.01 Å². The van der Waals surface area contributed by atoms with E-state index in [2.05, 4.69) is 22.5 Å². The molecule has 1 aliphatic carbocycles. The number of urea groups is 1. The molecule has 8 heteroatoms. The van der Waals surface area contributed by atoms with Gasteiger partial charge in [0.2, 0.25) is 0 Å². The average Bonchev–Trinajstić information content (AvgIpc) is 3.31. The molecule has 0 bridgehead atoms. The first-order valence-corrected chi connectivity index (χ1v) is 9.25. The van der Waals surface area contributed by atoms with E-state index >= 15 is 0 Å². The van der Waals surface area contributed by atoms with Crippen molar-refractivity contribution in [3.8, 4) is 10.6 Å². The summed E-state index contributed by atoms with van der Waals surface area (Å²) in [4.78, 5) is 39.3. The van der Waals surface area contributed by atoms with Gasteiger partial charge in [-0.1, -0.05) is 31.2 Å². The van der Waals surface area contributed by atoms with Gasteiger partial charge in [-0.3, -0.25) is 10.1 Å². The Hall–Kier alpha value is -2.74. The second kappa shape index (κ2) is 8.09. The lowest BCUT2D eigenvalue weighted by Gasteiger charge is -2.05. The lowest BCUT2D eigenvalue weighted by molar-refractivity contribution is -0.123. The van der Waals surface area contributed by atoms with Gasteiger partial charge in [-0.05, 0) is 24.8 Å². The van der Waals surface area contributed by atoms with E-state index in [0.29, 0.717) is 5.01 Å². The number of carbonyl (C=O) groups excluding carboxylic acids is 3. The smallest absolute Gasteiger partial charge is 0.358 e. The fourth-order valence-electron chi connectivity index (χ4n) is 2.20. The van der Waals surface area contributed by atoms with Crippen LogP contribution in [0.4, 0.5) is 4.79 Å². The summed E-state index contributed by atoms with van der Waals surface area (Å²) in [5, 5.41) is 7.02. The Kier molecular flexibility index (Phi) is 5.62. The molecule has 1 aliphatic rings. The van der Waals surface area contributed by atoms with Crippen molar-refractivity contribution in [2.45, 2.75) is 32.2 Å². The van der Waals surface area contributed by atoms with E-state index in [-0.39, 0.29) is 11.7 Å². The molecule has 136 valence electrons. The summed E-state index contributed by atoms with van der Waals surface area (Å²) < 4.78 is 4.91. The molecule has 0 saturated heterocycles. The monoisotopic (exact) mass is 373 g/mol. The van der Waals surface area contributed by atoms with Gasteiger partial charge in [-0.25, -0.2) is 14.6 Å². The van der Waals surface area contributed by atoms with Crippen LogP contribution in [-0.2, 0) is 16.0 Å². The third kappa shape index (κ3) is 4.89. The zero-order valence-corrected chi connectivity index (χ0v) is 15.1. The standard InChI is InChI=1S/C18H19N3O4S/c1-2-11-3-5-12(6-4-11)16-20-14(10-26-16)17(23)25-9-15(22)21-18(24)19-13-7-8-13/h3-6,10,13H,2,7-9H2,1H3,(H2,19,21,22,24). The lowest BCUT2D eigenvalue weighted by atomic mass is 10.1. The number of benzene rings is 1. The minimum atomic E-state index is -0.699. The molecule has 2 N–H and O–H groups in total. The van der Waals surface area contributed by atoms with E-state index in [0.717, 1.165) is 24.8 Å². The zero-order valence-electron chi connectivity index (χ0n) is 14.3. The fourth-order valence-corrected chi connectivity index (χ4v) is 3.00. The SMILES string of the molecule is CCc1ccc(-c2nc(C(=O)OCC(=O)NC(=O)NC3CC3)cs2)cc1. The summed E-state index contributed by atoms with van der Waals surface area (Å²) in [5.41, 5.74) is 2.28. The zero-order chi connectivity index (χ0) is 18.5. The van der Waals surface area contributed by atoms with Gasteiger partial charge in [0, 0.05) is 17.0 Å². The van der Waals surface area contributed by atoms with Crippen molar-refractivity contribution in [2.24, 2.45) is 0 Å². The van der Waals surface area contributed by atoms with E-state index in [1.807, 2.05) is 24.3 Å². The molecule has 1 saturated carbocycles. The molecule has 0 aliphatic heterocycles. The van der Waals surface area contributed by atoms with Crippen molar-refractivity contribution in [2.75, 3.05) is 6.61 Å². The maximum atomic E-state index is 12.0. The van der Waals surface area contributed by atoms with Crippen LogP contribution < -0.4 is 10.6 Å². The number of aromatic nitrogens is 1. The van der Waals surface area contributed by atoms with E-state index in [4.69, 9.17) is 4.74 Å². The van der Waals surface area contributed by atoms with Crippen molar-refractivity contribution >= 4 is 29.2 Å². The molecule has 26 heavy (non-hydrogen) atoms. The van der Waals surface area contributed by atoms with E-state index in [1.54, 1.807) is 5.38 Å². The normalized spacial score (nSPS) is 13.1. The first-order chi connectivity index (χ1) is 12.5. The number of nitrogens with one attached hydrogen (secondary N) is 2. The lowest BCUT2D eigenvalue weighted by Crippen LogP contribution is -2.42. The number of imide groups is 1. The highest BCUT2D eigenvalue weighted by atomic mass is 32.1. The number of nitrogens with zero attached hydrogens (tertiary/aromatic N) is 1. The van der Waals surface area contributed by atoms with Gasteiger partial charge >= 0.3 is 12.0 Å².